The average Bonchev–Trinajstić information content (AvgIpc) is 2.85. The Hall–Kier alpha value is -2.29. The number of benzene rings is 2. The van der Waals surface area contributed by atoms with Gasteiger partial charge in [0.15, 0.2) is 5.78 Å². The predicted molar refractivity (Wildman–Crippen MR) is 69.9 cm³/mol. The van der Waals surface area contributed by atoms with Gasteiger partial charge in [-0.25, -0.2) is 0 Å². The molecule has 1 aliphatic rings. The molecule has 1 aliphatic heterocycles. The second-order valence-corrected chi connectivity index (χ2v) is 4.34. The molecule has 0 atom stereocenters. The lowest BCUT2D eigenvalue weighted by molar-refractivity contribution is 0.103. The lowest BCUT2D eigenvalue weighted by Crippen LogP contribution is -2.05. The molecular weight excluding hydrogens is 226 g/mol. The lowest BCUT2D eigenvalue weighted by atomic mass is 9.99. The third kappa shape index (κ3) is 1.74. The minimum absolute atomic E-state index is 0.0391. The molecule has 2 aromatic rings. The summed E-state index contributed by atoms with van der Waals surface area (Å²) in [5.74, 6) is 0.843. The van der Waals surface area contributed by atoms with Crippen LogP contribution >= 0.6 is 0 Å². The van der Waals surface area contributed by atoms with Crippen LogP contribution in [0.2, 0.25) is 0 Å². The highest BCUT2D eigenvalue weighted by Crippen LogP contribution is 2.27. The molecule has 90 valence electrons. The second kappa shape index (κ2) is 4.18. The predicted octanol–water partition coefficient (Wildman–Crippen LogP) is 2.43. The van der Waals surface area contributed by atoms with Gasteiger partial charge in [-0.1, -0.05) is 12.1 Å². The maximum Gasteiger partial charge on any atom is 0.195 e. The Morgan fingerprint density at radius 3 is 2.83 bits per heavy atom. The highest BCUT2D eigenvalue weighted by Gasteiger charge is 2.17. The number of rotatable bonds is 2. The van der Waals surface area contributed by atoms with Crippen molar-refractivity contribution in [1.82, 2.24) is 0 Å². The molecule has 3 heteroatoms. The number of nitrogens with two attached hydrogens (primary N) is 1. The van der Waals surface area contributed by atoms with E-state index in [4.69, 9.17) is 10.5 Å². The van der Waals surface area contributed by atoms with E-state index in [1.54, 1.807) is 18.2 Å². The summed E-state index contributed by atoms with van der Waals surface area (Å²) >= 11 is 0. The number of hydrogen-bond donors (Lipinski definition) is 1. The van der Waals surface area contributed by atoms with E-state index in [2.05, 4.69) is 0 Å². The summed E-state index contributed by atoms with van der Waals surface area (Å²) in [4.78, 5) is 12.3. The van der Waals surface area contributed by atoms with Crippen molar-refractivity contribution < 1.29 is 9.53 Å². The standard InChI is InChI=1S/C15H13NO2/c16-13-4-2-1-3-12(13)15(17)11-5-6-14-10(9-11)7-8-18-14/h1-6,9H,7-8,16H2. The molecule has 1 heterocycles. The van der Waals surface area contributed by atoms with Gasteiger partial charge >= 0.3 is 0 Å². The summed E-state index contributed by atoms with van der Waals surface area (Å²) in [6.45, 7) is 0.695. The van der Waals surface area contributed by atoms with Crippen LogP contribution in [0.1, 0.15) is 21.5 Å². The fraction of sp³-hybridized carbons (Fsp3) is 0.133. The van der Waals surface area contributed by atoms with Gasteiger partial charge in [-0.3, -0.25) is 4.79 Å². The number of carbonyl (C=O) groups is 1. The quantitative estimate of drug-likeness (QED) is 0.647. The number of nitrogen functional groups attached to an aromatic ring is 1. The van der Waals surface area contributed by atoms with Gasteiger partial charge in [0.1, 0.15) is 5.75 Å². The van der Waals surface area contributed by atoms with E-state index in [-0.39, 0.29) is 5.78 Å². The number of ether oxygens (including phenoxy) is 1. The monoisotopic (exact) mass is 239 g/mol. The van der Waals surface area contributed by atoms with Crippen molar-refractivity contribution in [3.05, 3.63) is 59.2 Å². The molecule has 0 bridgehead atoms. The molecule has 18 heavy (non-hydrogen) atoms. The van der Waals surface area contributed by atoms with E-state index >= 15 is 0 Å². The Kier molecular flexibility index (Phi) is 2.52. The van der Waals surface area contributed by atoms with Crippen molar-refractivity contribution >= 4 is 11.5 Å². The number of anilines is 1. The minimum Gasteiger partial charge on any atom is -0.493 e. The van der Waals surface area contributed by atoms with Crippen molar-refractivity contribution in [2.45, 2.75) is 6.42 Å². The average molecular weight is 239 g/mol. The number of hydrogen-bond acceptors (Lipinski definition) is 3. The van der Waals surface area contributed by atoms with Gasteiger partial charge in [-0.15, -0.1) is 0 Å². The lowest BCUT2D eigenvalue weighted by Gasteiger charge is -2.06. The fourth-order valence-corrected chi connectivity index (χ4v) is 2.19. The zero-order valence-corrected chi connectivity index (χ0v) is 9.85. The molecule has 0 spiro atoms. The van der Waals surface area contributed by atoms with Crippen molar-refractivity contribution in [1.29, 1.82) is 0 Å². The van der Waals surface area contributed by atoms with Crippen LogP contribution in [-0.4, -0.2) is 12.4 Å². The Morgan fingerprint density at radius 2 is 2.00 bits per heavy atom. The summed E-state index contributed by atoms with van der Waals surface area (Å²) in [5, 5.41) is 0. The summed E-state index contributed by atoms with van der Waals surface area (Å²) in [5.41, 5.74) is 8.65. The molecule has 0 aromatic heterocycles. The SMILES string of the molecule is Nc1ccccc1C(=O)c1ccc2c(c1)CCO2. The molecular formula is C15H13NO2. The van der Waals surface area contributed by atoms with Crippen LogP contribution in [0.25, 0.3) is 0 Å². The van der Waals surface area contributed by atoms with Crippen LogP contribution in [0.3, 0.4) is 0 Å². The molecule has 3 rings (SSSR count). The summed E-state index contributed by atoms with van der Waals surface area (Å²) in [7, 11) is 0. The number of fused-ring (bicyclic) bond motifs is 1. The maximum atomic E-state index is 12.3. The molecule has 2 aromatic carbocycles. The third-order valence-corrected chi connectivity index (χ3v) is 3.16. The van der Waals surface area contributed by atoms with Crippen LogP contribution in [0.15, 0.2) is 42.5 Å². The van der Waals surface area contributed by atoms with Crippen LogP contribution < -0.4 is 10.5 Å². The van der Waals surface area contributed by atoms with E-state index in [1.165, 1.54) is 0 Å². The van der Waals surface area contributed by atoms with Gasteiger partial charge in [-0.2, -0.15) is 0 Å². The molecule has 2 N–H and O–H groups in total. The van der Waals surface area contributed by atoms with Crippen LogP contribution in [0, 0.1) is 0 Å². The number of para-hydroxylation sites is 1. The highest BCUT2D eigenvalue weighted by atomic mass is 16.5. The third-order valence-electron chi connectivity index (χ3n) is 3.16. The maximum absolute atomic E-state index is 12.3. The van der Waals surface area contributed by atoms with Gasteiger partial charge < -0.3 is 10.5 Å². The summed E-state index contributed by atoms with van der Waals surface area (Å²) in [6, 6.07) is 12.7. The second-order valence-electron chi connectivity index (χ2n) is 4.34. The zero-order valence-electron chi connectivity index (χ0n) is 9.85. The van der Waals surface area contributed by atoms with Gasteiger partial charge in [-0.05, 0) is 35.9 Å². The molecule has 0 radical (unpaired) electrons. The van der Waals surface area contributed by atoms with Crippen molar-refractivity contribution in [2.24, 2.45) is 0 Å². The van der Waals surface area contributed by atoms with Crippen LogP contribution in [0.5, 0.6) is 5.75 Å². The summed E-state index contributed by atoms with van der Waals surface area (Å²) < 4.78 is 5.43. The Labute approximate surface area is 105 Å². The summed E-state index contributed by atoms with van der Waals surface area (Å²) in [6.07, 6.45) is 0.862. The van der Waals surface area contributed by atoms with Gasteiger partial charge in [0.2, 0.25) is 0 Å². The fourth-order valence-electron chi connectivity index (χ4n) is 2.19. The molecule has 0 unspecified atom stereocenters. The van der Waals surface area contributed by atoms with Crippen LogP contribution in [-0.2, 0) is 6.42 Å². The van der Waals surface area contributed by atoms with E-state index in [0.717, 1.165) is 17.7 Å². The number of carbonyl (C=O) groups excluding carboxylic acids is 1. The van der Waals surface area contributed by atoms with Crippen molar-refractivity contribution in [2.75, 3.05) is 12.3 Å². The normalized spacial score (nSPS) is 12.9. The molecule has 0 fully saturated rings. The van der Waals surface area contributed by atoms with Gasteiger partial charge in [0.25, 0.3) is 0 Å². The first-order valence-corrected chi connectivity index (χ1v) is 5.90. The molecule has 3 nitrogen and oxygen atoms in total. The molecule has 0 saturated heterocycles. The van der Waals surface area contributed by atoms with E-state index in [0.29, 0.717) is 23.4 Å². The van der Waals surface area contributed by atoms with Crippen LogP contribution in [0.4, 0.5) is 5.69 Å². The van der Waals surface area contributed by atoms with E-state index < -0.39 is 0 Å². The molecule has 0 aliphatic carbocycles. The largest absolute Gasteiger partial charge is 0.493 e. The molecule has 0 amide bonds. The number of ketones is 1. The van der Waals surface area contributed by atoms with Crippen molar-refractivity contribution in [3.8, 4) is 5.75 Å². The van der Waals surface area contributed by atoms with E-state index in [9.17, 15) is 4.79 Å². The minimum atomic E-state index is -0.0391. The van der Waals surface area contributed by atoms with Gasteiger partial charge in [0, 0.05) is 23.2 Å². The Bertz CT molecular complexity index is 620. The smallest absolute Gasteiger partial charge is 0.195 e. The highest BCUT2D eigenvalue weighted by molar-refractivity contribution is 6.12. The topological polar surface area (TPSA) is 52.3 Å². The molecule has 0 saturated carbocycles. The van der Waals surface area contributed by atoms with Crippen molar-refractivity contribution in [3.63, 3.8) is 0 Å². The zero-order chi connectivity index (χ0) is 12.5. The van der Waals surface area contributed by atoms with E-state index in [1.807, 2.05) is 24.3 Å². The van der Waals surface area contributed by atoms with Gasteiger partial charge in [0.05, 0.1) is 6.61 Å². The first kappa shape index (κ1) is 10.8. The Morgan fingerprint density at radius 1 is 1.17 bits per heavy atom. The Balaban J connectivity index is 2.01. The first-order valence-electron chi connectivity index (χ1n) is 5.90. The first-order chi connectivity index (χ1) is 8.75.